The Morgan fingerprint density at radius 1 is 1.14 bits per heavy atom. The van der Waals surface area contributed by atoms with E-state index in [0.717, 1.165) is 12.1 Å². The molecule has 2 nitrogen and oxygen atoms in total. The highest BCUT2D eigenvalue weighted by molar-refractivity contribution is 6.31. The summed E-state index contributed by atoms with van der Waals surface area (Å²) in [5.74, 6) is 0.500. The van der Waals surface area contributed by atoms with Gasteiger partial charge in [-0.2, -0.15) is 13.2 Å². The number of hydrogen-bond donors (Lipinski definition) is 1. The van der Waals surface area contributed by atoms with Crippen LogP contribution in [-0.2, 0) is 6.18 Å². The molecule has 0 saturated carbocycles. The molecule has 6 heteroatoms. The Morgan fingerprint density at radius 3 is 2.43 bits per heavy atom. The molecule has 1 unspecified atom stereocenters. The topological polar surface area (TPSA) is 29.5 Å². The van der Waals surface area contributed by atoms with Crippen LogP contribution in [0.2, 0.25) is 5.02 Å². The van der Waals surface area contributed by atoms with E-state index < -0.39 is 17.8 Å². The van der Waals surface area contributed by atoms with Crippen molar-refractivity contribution in [3.05, 3.63) is 64.2 Å². The Balaban J connectivity index is 2.38. The predicted octanol–water partition coefficient (Wildman–Crippen LogP) is 4.45. The molecule has 1 N–H and O–H groups in total. The third kappa shape index (κ3) is 3.49. The molecule has 2 aromatic carbocycles. The number of aliphatic hydroxyl groups is 1. The van der Waals surface area contributed by atoms with Crippen LogP contribution in [0, 0.1) is 0 Å². The van der Waals surface area contributed by atoms with E-state index >= 15 is 0 Å². The molecule has 0 bridgehead atoms. The minimum atomic E-state index is -4.46. The summed E-state index contributed by atoms with van der Waals surface area (Å²) in [6.45, 7) is 0. The number of alkyl halides is 3. The molecule has 21 heavy (non-hydrogen) atoms. The van der Waals surface area contributed by atoms with Gasteiger partial charge in [-0.15, -0.1) is 0 Å². The SMILES string of the molecule is COc1ccc(C(O)c2cccc(C(F)(F)F)c2)c(Cl)c1. The zero-order valence-electron chi connectivity index (χ0n) is 11.0. The lowest BCUT2D eigenvalue weighted by molar-refractivity contribution is -0.137. The maximum atomic E-state index is 12.7. The molecule has 0 aliphatic heterocycles. The minimum absolute atomic E-state index is 0.122. The van der Waals surface area contributed by atoms with Crippen molar-refractivity contribution in [1.29, 1.82) is 0 Å². The Morgan fingerprint density at radius 2 is 1.86 bits per heavy atom. The summed E-state index contributed by atoms with van der Waals surface area (Å²) in [5, 5.41) is 10.5. The summed E-state index contributed by atoms with van der Waals surface area (Å²) < 4.78 is 43.0. The van der Waals surface area contributed by atoms with E-state index in [0.29, 0.717) is 11.3 Å². The van der Waals surface area contributed by atoms with Gasteiger partial charge in [-0.3, -0.25) is 0 Å². The molecule has 0 fully saturated rings. The van der Waals surface area contributed by atoms with Gasteiger partial charge in [0.25, 0.3) is 0 Å². The lowest BCUT2D eigenvalue weighted by Crippen LogP contribution is -2.07. The fraction of sp³-hybridized carbons (Fsp3) is 0.200. The molecule has 0 radical (unpaired) electrons. The van der Waals surface area contributed by atoms with E-state index in [4.69, 9.17) is 16.3 Å². The third-order valence-corrected chi connectivity index (χ3v) is 3.36. The summed E-state index contributed by atoms with van der Waals surface area (Å²) >= 11 is 6.02. The van der Waals surface area contributed by atoms with Crippen molar-refractivity contribution in [3.63, 3.8) is 0 Å². The van der Waals surface area contributed by atoms with Gasteiger partial charge in [-0.1, -0.05) is 29.8 Å². The molecular weight excluding hydrogens is 305 g/mol. The molecule has 0 amide bonds. The van der Waals surface area contributed by atoms with Crippen LogP contribution in [0.25, 0.3) is 0 Å². The molecule has 2 rings (SSSR count). The highest BCUT2D eigenvalue weighted by atomic mass is 35.5. The second-order valence-electron chi connectivity index (χ2n) is 4.41. The number of aliphatic hydroxyl groups excluding tert-OH is 1. The van der Waals surface area contributed by atoms with Crippen LogP contribution in [0.4, 0.5) is 13.2 Å². The van der Waals surface area contributed by atoms with E-state index in [1.807, 2.05) is 0 Å². The Labute approximate surface area is 124 Å². The Kier molecular flexibility index (Phi) is 4.44. The van der Waals surface area contributed by atoms with Crippen molar-refractivity contribution in [3.8, 4) is 5.75 Å². The van der Waals surface area contributed by atoms with Gasteiger partial charge in [0, 0.05) is 5.56 Å². The van der Waals surface area contributed by atoms with E-state index in [2.05, 4.69) is 0 Å². The standard InChI is InChI=1S/C15H12ClF3O2/c1-21-11-5-6-12(13(16)8-11)14(20)9-3-2-4-10(7-9)15(17,18)19/h2-8,14,20H,1H3. The van der Waals surface area contributed by atoms with Crippen LogP contribution in [0.1, 0.15) is 22.8 Å². The Bertz CT molecular complexity index is 641. The van der Waals surface area contributed by atoms with Crippen LogP contribution >= 0.6 is 11.6 Å². The number of methoxy groups -OCH3 is 1. The zero-order chi connectivity index (χ0) is 15.6. The van der Waals surface area contributed by atoms with Gasteiger partial charge in [-0.25, -0.2) is 0 Å². The van der Waals surface area contributed by atoms with Crippen molar-refractivity contribution in [2.75, 3.05) is 7.11 Å². The fourth-order valence-electron chi connectivity index (χ4n) is 1.92. The van der Waals surface area contributed by atoms with Gasteiger partial charge in [-0.05, 0) is 29.8 Å². The monoisotopic (exact) mass is 316 g/mol. The molecule has 1 atom stereocenters. The van der Waals surface area contributed by atoms with E-state index in [9.17, 15) is 18.3 Å². The van der Waals surface area contributed by atoms with Crippen molar-refractivity contribution in [1.82, 2.24) is 0 Å². The first-order chi connectivity index (χ1) is 9.82. The lowest BCUT2D eigenvalue weighted by atomic mass is 9.99. The third-order valence-electron chi connectivity index (χ3n) is 3.03. The van der Waals surface area contributed by atoms with Crippen molar-refractivity contribution >= 4 is 11.6 Å². The summed E-state index contributed by atoms with van der Waals surface area (Å²) in [7, 11) is 1.47. The summed E-state index contributed by atoms with van der Waals surface area (Å²) in [6.07, 6.45) is -5.70. The Hall–Kier alpha value is -1.72. The lowest BCUT2D eigenvalue weighted by Gasteiger charge is -2.16. The summed E-state index contributed by atoms with van der Waals surface area (Å²) in [5.41, 5.74) is -0.377. The molecule has 0 aliphatic carbocycles. The number of ether oxygens (including phenoxy) is 1. The van der Waals surface area contributed by atoms with Gasteiger partial charge >= 0.3 is 6.18 Å². The van der Waals surface area contributed by atoms with Crippen LogP contribution in [-0.4, -0.2) is 12.2 Å². The average molecular weight is 317 g/mol. The van der Waals surface area contributed by atoms with Crippen molar-refractivity contribution < 1.29 is 23.0 Å². The van der Waals surface area contributed by atoms with Crippen molar-refractivity contribution in [2.24, 2.45) is 0 Å². The second-order valence-corrected chi connectivity index (χ2v) is 4.82. The summed E-state index contributed by atoms with van der Waals surface area (Å²) in [4.78, 5) is 0. The average Bonchev–Trinajstić information content (AvgIpc) is 2.45. The first kappa shape index (κ1) is 15.7. The van der Waals surface area contributed by atoms with E-state index in [-0.39, 0.29) is 10.6 Å². The molecule has 0 saturated heterocycles. The van der Waals surface area contributed by atoms with Gasteiger partial charge in [0.15, 0.2) is 0 Å². The molecule has 2 aromatic rings. The number of hydrogen-bond acceptors (Lipinski definition) is 2. The molecule has 0 heterocycles. The maximum Gasteiger partial charge on any atom is 0.416 e. The van der Waals surface area contributed by atoms with E-state index in [1.165, 1.54) is 31.4 Å². The van der Waals surface area contributed by atoms with Crippen LogP contribution < -0.4 is 4.74 Å². The molecule has 112 valence electrons. The first-order valence-electron chi connectivity index (χ1n) is 6.01. The zero-order valence-corrected chi connectivity index (χ0v) is 11.7. The normalized spacial score (nSPS) is 13.0. The smallest absolute Gasteiger partial charge is 0.416 e. The highest BCUT2D eigenvalue weighted by Crippen LogP contribution is 2.34. The van der Waals surface area contributed by atoms with Crippen LogP contribution in [0.15, 0.2) is 42.5 Å². The highest BCUT2D eigenvalue weighted by Gasteiger charge is 2.31. The number of benzene rings is 2. The summed E-state index contributed by atoms with van der Waals surface area (Å²) in [6, 6.07) is 9.12. The first-order valence-corrected chi connectivity index (χ1v) is 6.39. The largest absolute Gasteiger partial charge is 0.497 e. The van der Waals surface area contributed by atoms with Gasteiger partial charge in [0.05, 0.1) is 17.7 Å². The van der Waals surface area contributed by atoms with Gasteiger partial charge < -0.3 is 9.84 Å². The van der Waals surface area contributed by atoms with Crippen LogP contribution in [0.3, 0.4) is 0 Å². The maximum absolute atomic E-state index is 12.7. The molecule has 0 spiro atoms. The fourth-order valence-corrected chi connectivity index (χ4v) is 2.20. The van der Waals surface area contributed by atoms with E-state index in [1.54, 1.807) is 6.07 Å². The number of rotatable bonds is 3. The van der Waals surface area contributed by atoms with Crippen LogP contribution in [0.5, 0.6) is 5.75 Å². The molecule has 0 aromatic heterocycles. The predicted molar refractivity (Wildman–Crippen MR) is 73.5 cm³/mol. The molecular formula is C15H12ClF3O2. The number of halogens is 4. The van der Waals surface area contributed by atoms with Crippen molar-refractivity contribution in [2.45, 2.75) is 12.3 Å². The minimum Gasteiger partial charge on any atom is -0.497 e. The van der Waals surface area contributed by atoms with Gasteiger partial charge in [0.2, 0.25) is 0 Å². The quantitative estimate of drug-likeness (QED) is 0.906. The molecule has 0 aliphatic rings. The second kappa shape index (κ2) is 5.95. The van der Waals surface area contributed by atoms with Gasteiger partial charge in [0.1, 0.15) is 11.9 Å².